The summed E-state index contributed by atoms with van der Waals surface area (Å²) >= 11 is 0. The second-order valence-corrected chi connectivity index (χ2v) is 3.65. The lowest BCUT2D eigenvalue weighted by molar-refractivity contribution is 1.07. The average Bonchev–Trinajstić information content (AvgIpc) is 2.30. The third-order valence-electron chi connectivity index (χ3n) is 2.43. The monoisotopic (exact) mass is 226 g/mol. The fourth-order valence-corrected chi connectivity index (χ4v) is 1.75. The van der Waals surface area contributed by atoms with Crippen LogP contribution in [-0.2, 0) is 6.42 Å². The zero-order valence-corrected chi connectivity index (χ0v) is 9.43. The molecule has 0 radical (unpaired) electrons. The molecule has 4 N–H and O–H groups in total. The third kappa shape index (κ3) is 2.25. The molecule has 0 atom stereocenters. The van der Waals surface area contributed by atoms with E-state index in [1.165, 1.54) is 0 Å². The van der Waals surface area contributed by atoms with Gasteiger partial charge in [0.15, 0.2) is 0 Å². The molecule has 0 unspecified atom stereocenters. The summed E-state index contributed by atoms with van der Waals surface area (Å²) in [5.41, 5.74) is 14.1. The van der Waals surface area contributed by atoms with Crippen LogP contribution >= 0.6 is 0 Å². The van der Waals surface area contributed by atoms with Gasteiger partial charge in [-0.2, -0.15) is 4.98 Å². The molecule has 0 amide bonds. The lowest BCUT2D eigenvalue weighted by Crippen LogP contribution is -2.06. The second kappa shape index (κ2) is 4.65. The molecule has 0 aliphatic rings. The van der Waals surface area contributed by atoms with E-state index in [2.05, 4.69) is 16.5 Å². The van der Waals surface area contributed by atoms with Crippen LogP contribution in [-0.4, -0.2) is 9.97 Å². The molecule has 0 aliphatic carbocycles. The van der Waals surface area contributed by atoms with E-state index in [1.807, 2.05) is 30.3 Å². The Morgan fingerprint density at radius 1 is 1.12 bits per heavy atom. The van der Waals surface area contributed by atoms with E-state index in [0.29, 0.717) is 12.2 Å². The van der Waals surface area contributed by atoms with Crippen molar-refractivity contribution in [3.63, 3.8) is 0 Å². The summed E-state index contributed by atoms with van der Waals surface area (Å²) in [7, 11) is 0. The third-order valence-corrected chi connectivity index (χ3v) is 2.43. The molecular formula is C13H14N4. The van der Waals surface area contributed by atoms with E-state index >= 15 is 0 Å². The van der Waals surface area contributed by atoms with E-state index in [4.69, 9.17) is 11.5 Å². The van der Waals surface area contributed by atoms with Crippen molar-refractivity contribution in [3.05, 3.63) is 48.7 Å². The Kier molecular flexibility index (Phi) is 3.05. The first-order chi connectivity index (χ1) is 8.22. The van der Waals surface area contributed by atoms with Crippen LogP contribution in [0.15, 0.2) is 43.0 Å². The molecule has 86 valence electrons. The Balaban J connectivity index is 2.63. The smallest absolute Gasteiger partial charge is 0.222 e. The van der Waals surface area contributed by atoms with Gasteiger partial charge in [0.25, 0.3) is 0 Å². The van der Waals surface area contributed by atoms with E-state index in [-0.39, 0.29) is 5.95 Å². The van der Waals surface area contributed by atoms with Crippen LogP contribution in [0.25, 0.3) is 11.1 Å². The summed E-state index contributed by atoms with van der Waals surface area (Å²) in [5.74, 6) is 0.597. The molecule has 0 aliphatic heterocycles. The first-order valence-corrected chi connectivity index (χ1v) is 5.30. The number of aromatic nitrogens is 2. The molecule has 2 rings (SSSR count). The minimum absolute atomic E-state index is 0.194. The molecule has 1 heterocycles. The van der Waals surface area contributed by atoms with Gasteiger partial charge in [-0.15, -0.1) is 6.58 Å². The lowest BCUT2D eigenvalue weighted by atomic mass is 10.0. The number of hydrogen-bond acceptors (Lipinski definition) is 4. The fraction of sp³-hybridized carbons (Fsp3) is 0.0769. The van der Waals surface area contributed by atoms with Crippen LogP contribution in [0.4, 0.5) is 11.8 Å². The topological polar surface area (TPSA) is 77.8 Å². The molecule has 4 heteroatoms. The molecular weight excluding hydrogens is 212 g/mol. The summed E-state index contributed by atoms with van der Waals surface area (Å²) in [6.45, 7) is 3.71. The van der Waals surface area contributed by atoms with Gasteiger partial charge in [-0.25, -0.2) is 4.98 Å². The highest BCUT2D eigenvalue weighted by Crippen LogP contribution is 2.28. The summed E-state index contributed by atoms with van der Waals surface area (Å²) in [4.78, 5) is 8.22. The fourth-order valence-electron chi connectivity index (χ4n) is 1.75. The average molecular weight is 226 g/mol. The molecule has 2 aromatic rings. The van der Waals surface area contributed by atoms with Crippen LogP contribution in [0.3, 0.4) is 0 Å². The number of nitrogens with zero attached hydrogens (tertiary/aromatic N) is 2. The van der Waals surface area contributed by atoms with Gasteiger partial charge in [0.2, 0.25) is 5.95 Å². The number of benzene rings is 1. The quantitative estimate of drug-likeness (QED) is 0.785. The first-order valence-electron chi connectivity index (χ1n) is 5.30. The summed E-state index contributed by atoms with van der Waals surface area (Å²) in [5, 5.41) is 0. The minimum Gasteiger partial charge on any atom is -0.383 e. The summed E-state index contributed by atoms with van der Waals surface area (Å²) in [6, 6.07) is 9.78. The normalized spacial score (nSPS) is 10.1. The van der Waals surface area contributed by atoms with E-state index < -0.39 is 0 Å². The van der Waals surface area contributed by atoms with E-state index in [0.717, 1.165) is 16.8 Å². The summed E-state index contributed by atoms with van der Waals surface area (Å²) in [6.07, 6.45) is 2.38. The largest absolute Gasteiger partial charge is 0.383 e. The Morgan fingerprint density at radius 3 is 2.47 bits per heavy atom. The van der Waals surface area contributed by atoms with Crippen molar-refractivity contribution in [2.24, 2.45) is 0 Å². The maximum absolute atomic E-state index is 5.92. The Morgan fingerprint density at radius 2 is 1.82 bits per heavy atom. The van der Waals surface area contributed by atoms with E-state index in [1.54, 1.807) is 6.08 Å². The Bertz CT molecular complexity index is 535. The Hall–Kier alpha value is -2.36. The van der Waals surface area contributed by atoms with Crippen molar-refractivity contribution in [2.45, 2.75) is 6.42 Å². The molecule has 0 saturated carbocycles. The zero-order valence-electron chi connectivity index (χ0n) is 9.43. The van der Waals surface area contributed by atoms with Crippen LogP contribution < -0.4 is 11.5 Å². The predicted molar refractivity (Wildman–Crippen MR) is 70.2 cm³/mol. The number of rotatable bonds is 3. The van der Waals surface area contributed by atoms with Crippen molar-refractivity contribution < 1.29 is 0 Å². The number of allylic oxidation sites excluding steroid dienone is 1. The molecule has 0 spiro atoms. The van der Waals surface area contributed by atoms with Gasteiger partial charge < -0.3 is 11.5 Å². The van der Waals surface area contributed by atoms with Crippen LogP contribution in [0.5, 0.6) is 0 Å². The van der Waals surface area contributed by atoms with Crippen LogP contribution in [0, 0.1) is 0 Å². The van der Waals surface area contributed by atoms with Crippen LogP contribution in [0.1, 0.15) is 5.69 Å². The maximum Gasteiger partial charge on any atom is 0.222 e. The maximum atomic E-state index is 5.92. The van der Waals surface area contributed by atoms with Crippen molar-refractivity contribution >= 4 is 11.8 Å². The highest BCUT2D eigenvalue weighted by atomic mass is 15.0. The molecule has 1 aromatic carbocycles. The highest BCUT2D eigenvalue weighted by Gasteiger charge is 2.11. The highest BCUT2D eigenvalue weighted by molar-refractivity contribution is 5.76. The standard InChI is InChI=1S/C13H14N4/c1-2-6-10-11(9-7-4-3-5-8-9)12(14)17-13(15)16-10/h2-5,7-8H,1,6H2,(H4,14,15,16,17). The predicted octanol–water partition coefficient (Wildman–Crippen LogP) is 2.04. The second-order valence-electron chi connectivity index (χ2n) is 3.65. The zero-order chi connectivity index (χ0) is 12.3. The molecule has 0 saturated heterocycles. The van der Waals surface area contributed by atoms with Gasteiger partial charge >= 0.3 is 0 Å². The van der Waals surface area contributed by atoms with Gasteiger partial charge in [0, 0.05) is 12.0 Å². The van der Waals surface area contributed by atoms with Crippen molar-refractivity contribution in [1.29, 1.82) is 0 Å². The van der Waals surface area contributed by atoms with Crippen molar-refractivity contribution in [3.8, 4) is 11.1 Å². The SMILES string of the molecule is C=CCc1nc(N)nc(N)c1-c1ccccc1. The number of anilines is 2. The number of nitrogen functional groups attached to an aromatic ring is 2. The molecule has 1 aromatic heterocycles. The summed E-state index contributed by atoms with van der Waals surface area (Å²) < 4.78 is 0. The van der Waals surface area contributed by atoms with E-state index in [9.17, 15) is 0 Å². The molecule has 0 bridgehead atoms. The van der Waals surface area contributed by atoms with Gasteiger partial charge in [0.05, 0.1) is 5.69 Å². The number of hydrogen-bond donors (Lipinski definition) is 2. The van der Waals surface area contributed by atoms with Crippen LogP contribution in [0.2, 0.25) is 0 Å². The molecule has 0 fully saturated rings. The Labute approximate surface area is 100 Å². The lowest BCUT2D eigenvalue weighted by Gasteiger charge is -2.10. The minimum atomic E-state index is 0.194. The number of nitrogens with two attached hydrogens (primary N) is 2. The molecule has 4 nitrogen and oxygen atoms in total. The van der Waals surface area contributed by atoms with Gasteiger partial charge in [-0.3, -0.25) is 0 Å². The first kappa shape index (κ1) is 11.1. The van der Waals surface area contributed by atoms with Crippen molar-refractivity contribution in [1.82, 2.24) is 9.97 Å². The van der Waals surface area contributed by atoms with Crippen molar-refractivity contribution in [2.75, 3.05) is 11.5 Å². The van der Waals surface area contributed by atoms with Gasteiger partial charge in [-0.1, -0.05) is 36.4 Å². The van der Waals surface area contributed by atoms with Gasteiger partial charge in [0.1, 0.15) is 5.82 Å². The molecule has 17 heavy (non-hydrogen) atoms. The van der Waals surface area contributed by atoms with Gasteiger partial charge in [-0.05, 0) is 5.56 Å².